The van der Waals surface area contributed by atoms with Crippen LogP contribution in [0, 0.1) is 11.3 Å². The third kappa shape index (κ3) is 4.19. The van der Waals surface area contributed by atoms with E-state index in [0.717, 1.165) is 6.54 Å². The van der Waals surface area contributed by atoms with E-state index in [1.54, 1.807) is 0 Å². The minimum Gasteiger partial charge on any atom is -0.467 e. The zero-order valence-corrected chi connectivity index (χ0v) is 13.5. The number of hydrogen-bond acceptors (Lipinski definition) is 6. The van der Waals surface area contributed by atoms with Crippen LogP contribution in [0.5, 0.6) is 12.0 Å². The van der Waals surface area contributed by atoms with Crippen LogP contribution in [0.1, 0.15) is 46.0 Å². The van der Waals surface area contributed by atoms with Crippen molar-refractivity contribution in [2.75, 3.05) is 26.1 Å². The highest BCUT2D eigenvalue weighted by Crippen LogP contribution is 2.43. The van der Waals surface area contributed by atoms with E-state index in [0.29, 0.717) is 17.3 Å². The van der Waals surface area contributed by atoms with Gasteiger partial charge in [-0.05, 0) is 30.6 Å². The van der Waals surface area contributed by atoms with Crippen LogP contribution < -0.4 is 14.8 Å². The molecular weight excluding hydrogens is 268 g/mol. The van der Waals surface area contributed by atoms with Gasteiger partial charge < -0.3 is 14.8 Å². The molecule has 6 heteroatoms. The van der Waals surface area contributed by atoms with Crippen LogP contribution in [0.4, 0.5) is 5.95 Å². The summed E-state index contributed by atoms with van der Waals surface area (Å²) in [4.78, 5) is 12.5. The quantitative estimate of drug-likeness (QED) is 0.834. The van der Waals surface area contributed by atoms with Gasteiger partial charge in [0.15, 0.2) is 0 Å². The Bertz CT molecular complexity index is 437. The SMILES string of the molecule is COc1nc(NCC2(CC(C)C)CCCC2)nc(OC)n1. The summed E-state index contributed by atoms with van der Waals surface area (Å²) in [6, 6.07) is 0.544. The Morgan fingerprint density at radius 3 is 2.10 bits per heavy atom. The molecule has 2 rings (SSSR count). The van der Waals surface area contributed by atoms with Crippen molar-refractivity contribution in [3.8, 4) is 12.0 Å². The van der Waals surface area contributed by atoms with Crippen LogP contribution >= 0.6 is 0 Å². The van der Waals surface area contributed by atoms with Crippen LogP contribution in [0.25, 0.3) is 0 Å². The number of methoxy groups -OCH3 is 2. The Kier molecular flexibility index (Phi) is 5.20. The van der Waals surface area contributed by atoms with Crippen molar-refractivity contribution in [1.82, 2.24) is 15.0 Å². The smallest absolute Gasteiger partial charge is 0.324 e. The lowest BCUT2D eigenvalue weighted by atomic mass is 9.78. The average molecular weight is 294 g/mol. The highest BCUT2D eigenvalue weighted by atomic mass is 16.5. The number of anilines is 1. The molecule has 0 unspecified atom stereocenters. The molecule has 1 N–H and O–H groups in total. The van der Waals surface area contributed by atoms with Crippen molar-refractivity contribution in [3.63, 3.8) is 0 Å². The average Bonchev–Trinajstić information content (AvgIpc) is 2.92. The zero-order chi connectivity index (χ0) is 15.3. The summed E-state index contributed by atoms with van der Waals surface area (Å²) >= 11 is 0. The van der Waals surface area contributed by atoms with Crippen molar-refractivity contribution in [2.24, 2.45) is 11.3 Å². The van der Waals surface area contributed by atoms with E-state index in [1.165, 1.54) is 46.3 Å². The molecule has 0 bridgehead atoms. The topological polar surface area (TPSA) is 69.2 Å². The van der Waals surface area contributed by atoms with Gasteiger partial charge in [-0.25, -0.2) is 0 Å². The van der Waals surface area contributed by atoms with Gasteiger partial charge in [0, 0.05) is 6.54 Å². The minimum absolute atomic E-state index is 0.272. The molecule has 1 aliphatic rings. The molecule has 1 aromatic rings. The van der Waals surface area contributed by atoms with E-state index in [1.807, 2.05) is 0 Å². The fraction of sp³-hybridized carbons (Fsp3) is 0.800. The summed E-state index contributed by atoms with van der Waals surface area (Å²) in [6.45, 7) is 5.46. The molecule has 0 spiro atoms. The van der Waals surface area contributed by atoms with E-state index >= 15 is 0 Å². The lowest BCUT2D eigenvalue weighted by molar-refractivity contribution is 0.251. The normalized spacial score (nSPS) is 17.0. The molecule has 0 aromatic carbocycles. The Labute approximate surface area is 126 Å². The molecule has 21 heavy (non-hydrogen) atoms. The van der Waals surface area contributed by atoms with E-state index in [9.17, 15) is 0 Å². The molecule has 1 heterocycles. The fourth-order valence-corrected chi connectivity index (χ4v) is 3.31. The Hall–Kier alpha value is -1.59. The van der Waals surface area contributed by atoms with Crippen molar-refractivity contribution >= 4 is 5.95 Å². The molecule has 1 aromatic heterocycles. The maximum absolute atomic E-state index is 5.08. The van der Waals surface area contributed by atoms with Crippen molar-refractivity contribution in [1.29, 1.82) is 0 Å². The second-order valence-electron chi connectivity index (χ2n) is 6.29. The summed E-state index contributed by atoms with van der Waals surface area (Å²) in [5.74, 6) is 1.22. The van der Waals surface area contributed by atoms with Crippen molar-refractivity contribution < 1.29 is 9.47 Å². The second kappa shape index (κ2) is 6.91. The molecule has 0 amide bonds. The molecular formula is C15H26N4O2. The van der Waals surface area contributed by atoms with Crippen LogP contribution in [-0.2, 0) is 0 Å². The molecule has 1 fully saturated rings. The molecule has 0 atom stereocenters. The van der Waals surface area contributed by atoms with Gasteiger partial charge in [0.1, 0.15) is 0 Å². The molecule has 1 aliphatic carbocycles. The predicted molar refractivity (Wildman–Crippen MR) is 81.8 cm³/mol. The van der Waals surface area contributed by atoms with Crippen molar-refractivity contribution in [3.05, 3.63) is 0 Å². The molecule has 1 saturated carbocycles. The highest BCUT2D eigenvalue weighted by Gasteiger charge is 2.34. The first-order valence-electron chi connectivity index (χ1n) is 7.65. The number of nitrogens with zero attached hydrogens (tertiary/aromatic N) is 3. The lowest BCUT2D eigenvalue weighted by Gasteiger charge is -2.31. The summed E-state index contributed by atoms with van der Waals surface area (Å²) in [7, 11) is 3.07. The van der Waals surface area contributed by atoms with Crippen LogP contribution in [0.3, 0.4) is 0 Å². The molecule has 0 radical (unpaired) electrons. The van der Waals surface area contributed by atoms with Crippen LogP contribution in [0.2, 0.25) is 0 Å². The first kappa shape index (κ1) is 15.8. The Balaban J connectivity index is 2.06. The summed E-state index contributed by atoms with van der Waals surface area (Å²) in [5.41, 5.74) is 0.362. The zero-order valence-electron chi connectivity index (χ0n) is 13.5. The van der Waals surface area contributed by atoms with Gasteiger partial charge in [-0.1, -0.05) is 26.7 Å². The van der Waals surface area contributed by atoms with E-state index in [-0.39, 0.29) is 12.0 Å². The van der Waals surface area contributed by atoms with Gasteiger partial charge in [-0.3, -0.25) is 0 Å². The van der Waals surface area contributed by atoms with Gasteiger partial charge >= 0.3 is 12.0 Å². The van der Waals surface area contributed by atoms with Gasteiger partial charge in [0.25, 0.3) is 0 Å². The van der Waals surface area contributed by atoms with E-state index < -0.39 is 0 Å². The first-order valence-corrected chi connectivity index (χ1v) is 7.65. The molecule has 0 aliphatic heterocycles. The highest BCUT2D eigenvalue weighted by molar-refractivity contribution is 5.28. The van der Waals surface area contributed by atoms with E-state index in [4.69, 9.17) is 9.47 Å². The number of rotatable bonds is 7. The number of nitrogens with one attached hydrogen (secondary N) is 1. The minimum atomic E-state index is 0.272. The monoisotopic (exact) mass is 294 g/mol. The molecule has 6 nitrogen and oxygen atoms in total. The third-order valence-corrected chi connectivity index (χ3v) is 4.09. The van der Waals surface area contributed by atoms with Gasteiger partial charge in [-0.15, -0.1) is 4.98 Å². The maximum Gasteiger partial charge on any atom is 0.324 e. The predicted octanol–water partition coefficient (Wildman–Crippen LogP) is 2.91. The summed E-state index contributed by atoms with van der Waals surface area (Å²) in [6.07, 6.45) is 6.42. The van der Waals surface area contributed by atoms with Crippen LogP contribution in [-0.4, -0.2) is 35.7 Å². The second-order valence-corrected chi connectivity index (χ2v) is 6.29. The standard InChI is InChI=1S/C15H26N4O2/c1-11(2)9-15(7-5-6-8-15)10-16-12-17-13(20-3)19-14(18-12)21-4/h11H,5-10H2,1-4H3,(H,16,17,18,19). The third-order valence-electron chi connectivity index (χ3n) is 4.09. The Morgan fingerprint density at radius 1 is 1.05 bits per heavy atom. The number of ether oxygens (including phenoxy) is 2. The fourth-order valence-electron chi connectivity index (χ4n) is 3.31. The molecule has 118 valence electrons. The number of hydrogen-bond donors (Lipinski definition) is 1. The number of aromatic nitrogens is 3. The Morgan fingerprint density at radius 2 is 1.62 bits per heavy atom. The van der Waals surface area contributed by atoms with Gasteiger partial charge in [0.05, 0.1) is 14.2 Å². The van der Waals surface area contributed by atoms with E-state index in [2.05, 4.69) is 34.1 Å². The lowest BCUT2D eigenvalue weighted by Crippen LogP contribution is -2.29. The summed E-state index contributed by atoms with van der Waals surface area (Å²) < 4.78 is 10.2. The summed E-state index contributed by atoms with van der Waals surface area (Å²) in [5, 5.41) is 3.36. The van der Waals surface area contributed by atoms with Crippen LogP contribution in [0.15, 0.2) is 0 Å². The van der Waals surface area contributed by atoms with Gasteiger partial charge in [-0.2, -0.15) is 9.97 Å². The van der Waals surface area contributed by atoms with Crippen molar-refractivity contribution in [2.45, 2.75) is 46.0 Å². The largest absolute Gasteiger partial charge is 0.467 e. The molecule has 0 saturated heterocycles. The van der Waals surface area contributed by atoms with Gasteiger partial charge in [0.2, 0.25) is 5.95 Å². The maximum atomic E-state index is 5.08. The first-order chi connectivity index (χ1) is 10.1.